The number of hydrogen-bond donors (Lipinski definition) is 2. The zero-order chi connectivity index (χ0) is 21.3. The molecule has 9 nitrogen and oxygen atoms in total. The Morgan fingerprint density at radius 1 is 0.786 bits per heavy atom. The molecule has 2 rings (SSSR count). The normalized spacial score (nSPS) is 12.8. The fourth-order valence-electron chi connectivity index (χ4n) is 2.20. The zero-order valence-corrected chi connectivity index (χ0v) is 18.1. The van der Waals surface area contributed by atoms with Crippen LogP contribution in [0.4, 0.5) is 11.4 Å². The number of nitrogens with one attached hydrogen (secondary N) is 2. The van der Waals surface area contributed by atoms with Gasteiger partial charge in [-0.2, -0.15) is 0 Å². The van der Waals surface area contributed by atoms with Crippen LogP contribution >= 0.6 is 0 Å². The van der Waals surface area contributed by atoms with Crippen molar-refractivity contribution in [2.75, 3.05) is 29.8 Å². The van der Waals surface area contributed by atoms with Crippen molar-refractivity contribution in [1.82, 2.24) is 4.31 Å². The highest BCUT2D eigenvalue weighted by Gasteiger charge is 2.21. The summed E-state index contributed by atoms with van der Waals surface area (Å²) in [6, 6.07) is 9.27. The second-order valence-electron chi connectivity index (χ2n) is 6.27. The molecule has 0 saturated heterocycles. The summed E-state index contributed by atoms with van der Waals surface area (Å²) in [5, 5.41) is 0. The summed E-state index contributed by atoms with van der Waals surface area (Å²) in [6.07, 6.45) is 0.983. The van der Waals surface area contributed by atoms with Gasteiger partial charge >= 0.3 is 0 Å². The Kier molecular flexibility index (Phi) is 6.09. The Bertz CT molecular complexity index is 1190. The van der Waals surface area contributed by atoms with Crippen molar-refractivity contribution in [3.63, 3.8) is 0 Å². The quantitative estimate of drug-likeness (QED) is 0.660. The van der Waals surface area contributed by atoms with Crippen LogP contribution in [0.25, 0.3) is 0 Å². The van der Waals surface area contributed by atoms with E-state index in [1.54, 1.807) is 6.92 Å². The van der Waals surface area contributed by atoms with E-state index in [0.717, 1.165) is 10.6 Å². The van der Waals surface area contributed by atoms with Gasteiger partial charge in [0.2, 0.25) is 20.0 Å². The highest BCUT2D eigenvalue weighted by Crippen LogP contribution is 2.25. The smallest absolute Gasteiger partial charge is 0.261 e. The second kappa shape index (κ2) is 7.70. The predicted molar refractivity (Wildman–Crippen MR) is 108 cm³/mol. The van der Waals surface area contributed by atoms with Crippen molar-refractivity contribution >= 4 is 41.4 Å². The van der Waals surface area contributed by atoms with E-state index in [1.807, 2.05) is 0 Å². The van der Waals surface area contributed by atoms with Crippen LogP contribution in [0.3, 0.4) is 0 Å². The number of aryl methyl sites for hydroxylation is 1. The molecule has 2 N–H and O–H groups in total. The third-order valence-corrected chi connectivity index (χ3v) is 7.50. The van der Waals surface area contributed by atoms with Crippen molar-refractivity contribution in [3.8, 4) is 0 Å². The molecular weight excluding hydrogens is 426 g/mol. The zero-order valence-electron chi connectivity index (χ0n) is 15.7. The van der Waals surface area contributed by atoms with Crippen LogP contribution in [0.2, 0.25) is 0 Å². The van der Waals surface area contributed by atoms with Crippen LogP contribution in [0.5, 0.6) is 0 Å². The predicted octanol–water partition coefficient (Wildman–Crippen LogP) is 1.42. The van der Waals surface area contributed by atoms with Gasteiger partial charge in [0.15, 0.2) is 0 Å². The van der Waals surface area contributed by atoms with E-state index in [4.69, 9.17) is 0 Å². The summed E-state index contributed by atoms with van der Waals surface area (Å²) < 4.78 is 77.9. The maximum atomic E-state index is 12.6. The summed E-state index contributed by atoms with van der Waals surface area (Å²) in [7, 11) is -8.46. The van der Waals surface area contributed by atoms with E-state index >= 15 is 0 Å². The molecule has 0 aliphatic carbocycles. The average Bonchev–Trinajstić information content (AvgIpc) is 2.55. The van der Waals surface area contributed by atoms with Gasteiger partial charge in [-0.15, -0.1) is 0 Å². The number of nitrogens with zero attached hydrogens (tertiary/aromatic N) is 1. The molecule has 0 spiro atoms. The monoisotopic (exact) mass is 447 g/mol. The highest BCUT2D eigenvalue weighted by atomic mass is 32.2. The lowest BCUT2D eigenvalue weighted by Crippen LogP contribution is -2.22. The lowest BCUT2D eigenvalue weighted by atomic mass is 10.2. The van der Waals surface area contributed by atoms with Crippen LogP contribution in [0.15, 0.2) is 52.3 Å². The minimum atomic E-state index is -4.01. The molecule has 2 aromatic carbocycles. The van der Waals surface area contributed by atoms with Crippen molar-refractivity contribution in [2.45, 2.75) is 16.7 Å². The number of anilines is 2. The number of benzene rings is 2. The first-order chi connectivity index (χ1) is 12.7. The lowest BCUT2D eigenvalue weighted by molar-refractivity contribution is 0.520. The first-order valence-electron chi connectivity index (χ1n) is 7.86. The Labute approximate surface area is 165 Å². The minimum absolute atomic E-state index is 0.0477. The van der Waals surface area contributed by atoms with Gasteiger partial charge in [0, 0.05) is 19.8 Å². The van der Waals surface area contributed by atoms with Gasteiger partial charge in [-0.3, -0.25) is 9.44 Å². The summed E-state index contributed by atoms with van der Waals surface area (Å²) in [5.74, 6) is 0. The van der Waals surface area contributed by atoms with Crippen LogP contribution in [-0.2, 0) is 30.1 Å². The Balaban J connectivity index is 2.36. The molecule has 0 heterocycles. The Morgan fingerprint density at radius 2 is 1.32 bits per heavy atom. The van der Waals surface area contributed by atoms with Gasteiger partial charge in [0.05, 0.1) is 21.7 Å². The molecule has 0 aliphatic heterocycles. The molecule has 0 bridgehead atoms. The van der Waals surface area contributed by atoms with Gasteiger partial charge < -0.3 is 0 Å². The van der Waals surface area contributed by atoms with Gasteiger partial charge in [-0.1, -0.05) is 6.07 Å². The number of rotatable bonds is 7. The van der Waals surface area contributed by atoms with E-state index in [2.05, 4.69) is 9.44 Å². The van der Waals surface area contributed by atoms with E-state index < -0.39 is 30.1 Å². The fourth-order valence-corrected chi connectivity index (χ4v) is 4.82. The minimum Gasteiger partial charge on any atom is -0.284 e. The number of sulfonamides is 3. The van der Waals surface area contributed by atoms with Crippen LogP contribution < -0.4 is 9.44 Å². The molecule has 0 atom stereocenters. The SMILES string of the molecule is Cc1ccc(S(=O)(=O)N(C)C)cc1NS(=O)(=O)c1ccc(NS(C)(=O)=O)cc1. The van der Waals surface area contributed by atoms with Crippen LogP contribution in [0, 0.1) is 6.92 Å². The molecule has 0 saturated carbocycles. The molecule has 0 aliphatic rings. The Morgan fingerprint density at radius 3 is 1.82 bits per heavy atom. The van der Waals surface area contributed by atoms with Gasteiger partial charge in [-0.05, 0) is 48.9 Å². The van der Waals surface area contributed by atoms with Crippen molar-refractivity contribution in [1.29, 1.82) is 0 Å². The van der Waals surface area contributed by atoms with E-state index in [1.165, 1.54) is 56.6 Å². The summed E-state index contributed by atoms with van der Waals surface area (Å²) >= 11 is 0. The lowest BCUT2D eigenvalue weighted by Gasteiger charge is -2.15. The van der Waals surface area contributed by atoms with E-state index in [9.17, 15) is 25.3 Å². The van der Waals surface area contributed by atoms with E-state index in [-0.39, 0.29) is 21.2 Å². The van der Waals surface area contributed by atoms with Crippen LogP contribution in [0.1, 0.15) is 5.56 Å². The standard InChI is InChI=1S/C16H21N3O6S3/c1-12-5-8-15(28(24,25)19(2)3)11-16(12)18-27(22,23)14-9-6-13(7-10-14)17-26(4,20)21/h5-11,17-18H,1-4H3. The van der Waals surface area contributed by atoms with Crippen LogP contribution in [-0.4, -0.2) is 49.9 Å². The van der Waals surface area contributed by atoms with E-state index in [0.29, 0.717) is 5.56 Å². The maximum Gasteiger partial charge on any atom is 0.261 e. The molecule has 0 aromatic heterocycles. The molecule has 2 aromatic rings. The first kappa shape index (κ1) is 22.1. The third-order valence-electron chi connectivity index (χ3n) is 3.70. The molecule has 0 amide bonds. The Hall–Kier alpha value is -2.15. The average molecular weight is 448 g/mol. The highest BCUT2D eigenvalue weighted by molar-refractivity contribution is 7.93. The molecule has 0 fully saturated rings. The summed E-state index contributed by atoms with van der Waals surface area (Å²) in [4.78, 5) is -0.152. The third kappa shape index (κ3) is 5.22. The second-order valence-corrected chi connectivity index (χ2v) is 11.9. The largest absolute Gasteiger partial charge is 0.284 e. The van der Waals surface area contributed by atoms with Gasteiger partial charge in [0.25, 0.3) is 10.0 Å². The molecule has 0 radical (unpaired) electrons. The van der Waals surface area contributed by atoms with Gasteiger partial charge in [0.1, 0.15) is 0 Å². The summed E-state index contributed by atoms with van der Waals surface area (Å²) in [5.41, 5.74) is 0.884. The van der Waals surface area contributed by atoms with Crippen molar-refractivity contribution in [3.05, 3.63) is 48.0 Å². The van der Waals surface area contributed by atoms with Crippen molar-refractivity contribution in [2.24, 2.45) is 0 Å². The topological polar surface area (TPSA) is 130 Å². The van der Waals surface area contributed by atoms with Crippen molar-refractivity contribution < 1.29 is 25.3 Å². The molecule has 0 unspecified atom stereocenters. The number of hydrogen-bond acceptors (Lipinski definition) is 6. The summed E-state index contributed by atoms with van der Waals surface area (Å²) in [6.45, 7) is 1.64. The van der Waals surface area contributed by atoms with Gasteiger partial charge in [-0.25, -0.2) is 29.6 Å². The molecule has 28 heavy (non-hydrogen) atoms. The molecular formula is C16H21N3O6S3. The first-order valence-corrected chi connectivity index (χ1v) is 12.7. The molecule has 12 heteroatoms. The maximum absolute atomic E-state index is 12.6. The fraction of sp³-hybridized carbons (Fsp3) is 0.250. The molecule has 154 valence electrons.